The average Bonchev–Trinajstić information content (AvgIpc) is 3.23. The molecule has 5 heteroatoms. The lowest BCUT2D eigenvalue weighted by Crippen LogP contribution is -2.46. The number of nitrogens with zero attached hydrogens (tertiary/aromatic N) is 3. The largest absolute Gasteiger partial charge is 0.355 e. The SMILES string of the molecule is Cc1[nH]cc[n+]1-c1c2c(c(C#N)c3[nH]c4ccccc4[n+]13)CCCC2. The van der Waals surface area contributed by atoms with Gasteiger partial charge in [-0.3, -0.25) is 0 Å². The first kappa shape index (κ1) is 14.2. The normalized spacial score (nSPS) is 13.9. The van der Waals surface area contributed by atoms with Crippen molar-refractivity contribution >= 4 is 16.7 Å². The fraction of sp³-hybridized carbons (Fsp3) is 0.250. The van der Waals surface area contributed by atoms with Gasteiger partial charge in [0.15, 0.2) is 17.9 Å². The Balaban J connectivity index is 2.07. The number of pyridine rings is 1. The number of H-pyrrole nitrogens is 2. The number of fused-ring (bicyclic) bond motifs is 4. The first-order valence-electron chi connectivity index (χ1n) is 8.76. The third-order valence-corrected chi connectivity index (χ3v) is 5.33. The van der Waals surface area contributed by atoms with Crippen LogP contribution in [0.1, 0.15) is 35.4 Å². The molecule has 0 radical (unpaired) electrons. The molecule has 0 atom stereocenters. The van der Waals surface area contributed by atoms with Crippen LogP contribution in [0.3, 0.4) is 0 Å². The fourth-order valence-electron chi connectivity index (χ4n) is 4.20. The molecule has 25 heavy (non-hydrogen) atoms. The Hall–Kier alpha value is -3.13. The highest BCUT2D eigenvalue weighted by Crippen LogP contribution is 2.29. The number of benzene rings is 1. The van der Waals surface area contributed by atoms with Crippen molar-refractivity contribution in [3.05, 3.63) is 59.2 Å². The van der Waals surface area contributed by atoms with Gasteiger partial charge in [0.25, 0.3) is 5.65 Å². The minimum Gasteiger partial charge on any atom is -0.310 e. The highest BCUT2D eigenvalue weighted by Gasteiger charge is 2.34. The van der Waals surface area contributed by atoms with Crippen LogP contribution in [0.2, 0.25) is 0 Å². The van der Waals surface area contributed by atoms with E-state index >= 15 is 0 Å². The van der Waals surface area contributed by atoms with E-state index < -0.39 is 0 Å². The molecule has 0 saturated heterocycles. The first-order chi connectivity index (χ1) is 12.3. The smallest absolute Gasteiger partial charge is 0.310 e. The number of hydrogen-bond acceptors (Lipinski definition) is 1. The Bertz CT molecular complexity index is 1170. The van der Waals surface area contributed by atoms with Gasteiger partial charge in [0.2, 0.25) is 0 Å². The number of rotatable bonds is 1. The fourth-order valence-corrected chi connectivity index (χ4v) is 4.20. The van der Waals surface area contributed by atoms with Gasteiger partial charge in [-0.05, 0) is 43.4 Å². The molecular formula is C20H19N5+2. The highest BCUT2D eigenvalue weighted by atomic mass is 15.2. The van der Waals surface area contributed by atoms with Crippen LogP contribution in [0.5, 0.6) is 0 Å². The van der Waals surface area contributed by atoms with Crippen molar-refractivity contribution in [2.75, 3.05) is 0 Å². The van der Waals surface area contributed by atoms with Gasteiger partial charge < -0.3 is 4.98 Å². The summed E-state index contributed by atoms with van der Waals surface area (Å²) >= 11 is 0. The van der Waals surface area contributed by atoms with Crippen molar-refractivity contribution < 1.29 is 8.97 Å². The van der Waals surface area contributed by atoms with E-state index in [2.05, 4.69) is 50.3 Å². The summed E-state index contributed by atoms with van der Waals surface area (Å²) < 4.78 is 4.43. The molecule has 0 saturated carbocycles. The molecule has 1 aromatic carbocycles. The number of aromatic amines is 2. The van der Waals surface area contributed by atoms with Crippen molar-refractivity contribution in [1.82, 2.24) is 9.97 Å². The van der Waals surface area contributed by atoms with E-state index in [0.29, 0.717) is 0 Å². The van der Waals surface area contributed by atoms with Crippen LogP contribution in [-0.4, -0.2) is 9.97 Å². The van der Waals surface area contributed by atoms with Crippen LogP contribution in [-0.2, 0) is 12.8 Å². The molecule has 0 aliphatic heterocycles. The molecule has 3 heterocycles. The Morgan fingerprint density at radius 3 is 2.68 bits per heavy atom. The van der Waals surface area contributed by atoms with E-state index in [-0.39, 0.29) is 0 Å². The van der Waals surface area contributed by atoms with Gasteiger partial charge in [-0.25, -0.2) is 4.98 Å². The number of aryl methyl sites for hydroxylation is 1. The highest BCUT2D eigenvalue weighted by molar-refractivity contribution is 5.77. The molecule has 1 aliphatic carbocycles. The van der Waals surface area contributed by atoms with E-state index in [0.717, 1.165) is 53.1 Å². The second-order valence-corrected chi connectivity index (χ2v) is 6.72. The number of aromatic nitrogens is 4. The maximum atomic E-state index is 9.90. The summed E-state index contributed by atoms with van der Waals surface area (Å²) in [5.74, 6) is 2.23. The molecule has 0 spiro atoms. The van der Waals surface area contributed by atoms with E-state index in [9.17, 15) is 5.26 Å². The Morgan fingerprint density at radius 2 is 1.92 bits per heavy atom. The van der Waals surface area contributed by atoms with Gasteiger partial charge in [0, 0.05) is 0 Å². The maximum absolute atomic E-state index is 9.90. The third kappa shape index (κ3) is 1.88. The Morgan fingerprint density at radius 1 is 1.12 bits per heavy atom. The van der Waals surface area contributed by atoms with Crippen LogP contribution in [0.4, 0.5) is 0 Å². The molecule has 0 amide bonds. The van der Waals surface area contributed by atoms with Crippen molar-refractivity contribution in [1.29, 1.82) is 5.26 Å². The van der Waals surface area contributed by atoms with Crippen molar-refractivity contribution in [2.45, 2.75) is 32.6 Å². The molecule has 122 valence electrons. The summed E-state index contributed by atoms with van der Waals surface area (Å²) in [6.07, 6.45) is 8.34. The molecule has 2 N–H and O–H groups in total. The standard InChI is InChI=1S/C20H17N5/c1-13-22-10-11-24(13)20-15-7-3-2-6-14(15)16(12-21)19-23-17-8-4-5-9-18(17)25(19)20/h4-5,8-11H,2-3,6-7H2,1H3/p+2. The summed E-state index contributed by atoms with van der Waals surface area (Å²) in [7, 11) is 0. The lowest BCUT2D eigenvalue weighted by Gasteiger charge is -2.16. The zero-order chi connectivity index (χ0) is 17.0. The van der Waals surface area contributed by atoms with Crippen molar-refractivity contribution in [2.24, 2.45) is 0 Å². The van der Waals surface area contributed by atoms with E-state index in [1.54, 1.807) is 0 Å². The van der Waals surface area contributed by atoms with Gasteiger partial charge in [0.05, 0.1) is 18.0 Å². The number of hydrogen-bond donors (Lipinski definition) is 2. The van der Waals surface area contributed by atoms with Gasteiger partial charge >= 0.3 is 11.6 Å². The number of nitriles is 1. The van der Waals surface area contributed by atoms with Gasteiger partial charge in [-0.2, -0.15) is 5.26 Å². The lowest BCUT2D eigenvalue weighted by molar-refractivity contribution is -0.702. The third-order valence-electron chi connectivity index (χ3n) is 5.33. The minimum absolute atomic E-state index is 0.795. The average molecular weight is 329 g/mol. The second kappa shape index (κ2) is 5.18. The van der Waals surface area contributed by atoms with Gasteiger partial charge in [-0.1, -0.05) is 12.1 Å². The quantitative estimate of drug-likeness (QED) is 0.518. The second-order valence-electron chi connectivity index (χ2n) is 6.72. The van der Waals surface area contributed by atoms with Crippen LogP contribution in [0.25, 0.3) is 22.5 Å². The maximum Gasteiger partial charge on any atom is 0.355 e. The molecule has 5 rings (SSSR count). The summed E-state index contributed by atoms with van der Waals surface area (Å²) in [4.78, 5) is 6.77. The van der Waals surface area contributed by atoms with Crippen molar-refractivity contribution in [3.63, 3.8) is 0 Å². The van der Waals surface area contributed by atoms with Crippen LogP contribution >= 0.6 is 0 Å². The summed E-state index contributed by atoms with van der Waals surface area (Å²) in [6, 6.07) is 10.7. The molecule has 0 bridgehead atoms. The van der Waals surface area contributed by atoms with Crippen LogP contribution in [0, 0.1) is 18.3 Å². The molecule has 0 unspecified atom stereocenters. The number of imidazole rings is 2. The molecule has 4 aromatic rings. The summed E-state index contributed by atoms with van der Waals surface area (Å²) in [5, 5.41) is 9.90. The Kier molecular flexibility index (Phi) is 2.95. The van der Waals surface area contributed by atoms with Crippen molar-refractivity contribution in [3.8, 4) is 11.9 Å². The zero-order valence-electron chi connectivity index (χ0n) is 14.1. The molecule has 3 aromatic heterocycles. The first-order valence-corrected chi connectivity index (χ1v) is 8.76. The predicted molar refractivity (Wildman–Crippen MR) is 93.4 cm³/mol. The summed E-state index contributed by atoms with van der Waals surface area (Å²) in [6.45, 7) is 2.08. The van der Waals surface area contributed by atoms with E-state index in [1.165, 1.54) is 17.5 Å². The molecule has 0 fully saturated rings. The number of nitrogens with one attached hydrogen (secondary N) is 2. The number of para-hydroxylation sites is 2. The Labute approximate surface area is 145 Å². The monoisotopic (exact) mass is 329 g/mol. The van der Waals surface area contributed by atoms with Gasteiger partial charge in [-0.15, -0.1) is 8.97 Å². The zero-order valence-corrected chi connectivity index (χ0v) is 14.1. The van der Waals surface area contributed by atoms with E-state index in [4.69, 9.17) is 0 Å². The van der Waals surface area contributed by atoms with Crippen LogP contribution in [0.15, 0.2) is 36.7 Å². The molecule has 5 nitrogen and oxygen atoms in total. The minimum atomic E-state index is 0.795. The van der Waals surface area contributed by atoms with E-state index in [1.807, 2.05) is 18.3 Å². The van der Waals surface area contributed by atoms with Crippen LogP contribution < -0.4 is 8.97 Å². The predicted octanol–water partition coefficient (Wildman–Crippen LogP) is 2.57. The van der Waals surface area contributed by atoms with Gasteiger partial charge in [0.1, 0.15) is 11.6 Å². The topological polar surface area (TPSA) is 63.3 Å². The summed E-state index contributed by atoms with van der Waals surface area (Å²) in [5.41, 5.74) is 6.36. The lowest BCUT2D eigenvalue weighted by atomic mass is 9.89. The molecule has 1 aliphatic rings. The molecular weight excluding hydrogens is 310 g/mol.